The molecule has 48 heavy (non-hydrogen) atoms. The number of hydrogen-bond donors (Lipinski definition) is 8. The fourth-order valence-corrected chi connectivity index (χ4v) is 6.03. The monoisotopic (exact) mass is 690 g/mol. The van der Waals surface area contributed by atoms with E-state index in [4.69, 9.17) is 9.47 Å². The molecule has 0 aromatic carbocycles. The van der Waals surface area contributed by atoms with Gasteiger partial charge in [0.25, 0.3) is 0 Å². The number of carbonyl (C=O) groups is 1. The summed E-state index contributed by atoms with van der Waals surface area (Å²) in [6.45, 7) is 3.32. The van der Waals surface area contributed by atoms with E-state index in [1.807, 2.05) is 12.2 Å². The van der Waals surface area contributed by atoms with Crippen LogP contribution in [0.2, 0.25) is 0 Å². The van der Waals surface area contributed by atoms with Crippen LogP contribution in [0.5, 0.6) is 0 Å². The Kier molecular flexibility index (Phi) is 26.7. The van der Waals surface area contributed by atoms with Crippen LogP contribution < -0.4 is 5.32 Å². The van der Waals surface area contributed by atoms with Crippen molar-refractivity contribution in [2.45, 2.75) is 204 Å². The van der Waals surface area contributed by atoms with Crippen molar-refractivity contribution in [3.8, 4) is 0 Å². The van der Waals surface area contributed by atoms with Crippen LogP contribution in [0.1, 0.15) is 149 Å². The van der Waals surface area contributed by atoms with Crippen molar-refractivity contribution in [3.63, 3.8) is 0 Å². The van der Waals surface area contributed by atoms with Crippen molar-refractivity contribution in [2.24, 2.45) is 0 Å². The first-order valence-electron chi connectivity index (χ1n) is 19.1. The Labute approximate surface area is 290 Å². The average Bonchev–Trinajstić information content (AvgIpc) is 3.08. The maximum Gasteiger partial charge on any atom is 0.249 e. The van der Waals surface area contributed by atoms with E-state index >= 15 is 0 Å². The molecule has 1 amide bonds. The van der Waals surface area contributed by atoms with Gasteiger partial charge in [-0.2, -0.15) is 0 Å². The molecule has 0 bridgehead atoms. The van der Waals surface area contributed by atoms with Crippen molar-refractivity contribution in [1.82, 2.24) is 5.32 Å². The van der Waals surface area contributed by atoms with Crippen LogP contribution in [-0.4, -0.2) is 110 Å². The van der Waals surface area contributed by atoms with Gasteiger partial charge in [-0.25, -0.2) is 0 Å². The van der Waals surface area contributed by atoms with Gasteiger partial charge in [0, 0.05) is 0 Å². The highest BCUT2D eigenvalue weighted by atomic mass is 16.7. The molecule has 0 aromatic rings. The highest BCUT2D eigenvalue weighted by Crippen LogP contribution is 2.23. The smallest absolute Gasteiger partial charge is 0.249 e. The zero-order valence-electron chi connectivity index (χ0n) is 30.0. The fraction of sp³-hybridized carbons (Fsp3) is 0.919. The van der Waals surface area contributed by atoms with Crippen LogP contribution in [0.3, 0.4) is 0 Å². The molecule has 9 unspecified atom stereocenters. The third kappa shape index (κ3) is 19.3. The van der Waals surface area contributed by atoms with Crippen molar-refractivity contribution in [1.29, 1.82) is 0 Å². The first-order valence-corrected chi connectivity index (χ1v) is 19.1. The van der Waals surface area contributed by atoms with Gasteiger partial charge >= 0.3 is 0 Å². The lowest BCUT2D eigenvalue weighted by molar-refractivity contribution is -0.303. The Bertz CT molecular complexity index is 800. The molecule has 0 radical (unpaired) electrons. The van der Waals surface area contributed by atoms with Gasteiger partial charge in [-0.15, -0.1) is 0 Å². The van der Waals surface area contributed by atoms with Crippen molar-refractivity contribution < 1.29 is 50.0 Å². The lowest BCUT2D eigenvalue weighted by atomic mass is 9.98. The largest absolute Gasteiger partial charge is 0.394 e. The highest BCUT2D eigenvalue weighted by Gasteiger charge is 2.44. The van der Waals surface area contributed by atoms with Gasteiger partial charge < -0.3 is 50.5 Å². The van der Waals surface area contributed by atoms with Crippen LogP contribution >= 0.6 is 0 Å². The van der Waals surface area contributed by atoms with Gasteiger partial charge in [-0.05, 0) is 32.1 Å². The molecule has 0 aliphatic carbocycles. The summed E-state index contributed by atoms with van der Waals surface area (Å²) < 4.78 is 11.0. The van der Waals surface area contributed by atoms with Crippen molar-refractivity contribution in [2.75, 3.05) is 13.2 Å². The van der Waals surface area contributed by atoms with Crippen molar-refractivity contribution >= 4 is 5.91 Å². The summed E-state index contributed by atoms with van der Waals surface area (Å²) in [5.41, 5.74) is 0. The number of allylic oxidation sites excluding steroid dienone is 2. The number of aliphatic hydroxyl groups excluding tert-OH is 7. The molecule has 1 fully saturated rings. The number of unbranched alkanes of at least 4 members (excludes halogenated alkanes) is 16. The predicted molar refractivity (Wildman–Crippen MR) is 187 cm³/mol. The molecule has 11 heteroatoms. The molecular weight excluding hydrogens is 618 g/mol. The third-order valence-corrected chi connectivity index (χ3v) is 9.33. The Morgan fingerprint density at radius 2 is 1.23 bits per heavy atom. The molecular formula is C37H71NO10. The number of ether oxygens (including phenoxy) is 2. The summed E-state index contributed by atoms with van der Waals surface area (Å²) in [7, 11) is 0. The van der Waals surface area contributed by atoms with E-state index in [0.29, 0.717) is 19.3 Å². The number of hydrogen-bond acceptors (Lipinski definition) is 10. The van der Waals surface area contributed by atoms with Gasteiger partial charge in [0.15, 0.2) is 6.29 Å². The second kappa shape index (κ2) is 28.5. The lowest BCUT2D eigenvalue weighted by Gasteiger charge is -2.40. The second-order valence-electron chi connectivity index (χ2n) is 13.6. The molecule has 9 atom stereocenters. The second-order valence-corrected chi connectivity index (χ2v) is 13.6. The Hall–Kier alpha value is -1.15. The van der Waals surface area contributed by atoms with Crippen LogP contribution in [0, 0.1) is 0 Å². The average molecular weight is 690 g/mol. The van der Waals surface area contributed by atoms with Crippen molar-refractivity contribution in [3.05, 3.63) is 12.2 Å². The Balaban J connectivity index is 2.59. The maximum atomic E-state index is 12.9. The molecule has 8 N–H and O–H groups in total. The van der Waals surface area contributed by atoms with Crippen LogP contribution in [0.15, 0.2) is 12.2 Å². The minimum Gasteiger partial charge on any atom is -0.394 e. The molecule has 0 aromatic heterocycles. The number of nitrogens with one attached hydrogen (secondary N) is 1. The highest BCUT2D eigenvalue weighted by molar-refractivity contribution is 5.80. The summed E-state index contributed by atoms with van der Waals surface area (Å²) in [5.74, 6) is -0.735. The van der Waals surface area contributed by atoms with Gasteiger partial charge in [0.05, 0.1) is 25.4 Å². The molecule has 1 rings (SSSR count). The maximum absolute atomic E-state index is 12.9. The van der Waals surface area contributed by atoms with E-state index in [0.717, 1.165) is 32.1 Å². The Morgan fingerprint density at radius 3 is 1.79 bits per heavy atom. The normalized spacial score (nSPS) is 24.1. The summed E-state index contributed by atoms with van der Waals surface area (Å²) in [4.78, 5) is 12.9. The first kappa shape index (κ1) is 44.9. The number of carbonyl (C=O) groups excluding carboxylic acids is 1. The van der Waals surface area contributed by atoms with E-state index in [-0.39, 0.29) is 6.42 Å². The van der Waals surface area contributed by atoms with Gasteiger partial charge in [0.1, 0.15) is 36.6 Å². The molecule has 1 saturated heterocycles. The quantitative estimate of drug-likeness (QED) is 0.0402. The summed E-state index contributed by atoms with van der Waals surface area (Å²) in [6, 6.07) is -1.18. The summed E-state index contributed by atoms with van der Waals surface area (Å²) >= 11 is 0. The topological polar surface area (TPSA) is 189 Å². The molecule has 1 aliphatic rings. The Morgan fingerprint density at radius 1 is 0.708 bits per heavy atom. The molecule has 284 valence electrons. The zero-order chi connectivity index (χ0) is 35.6. The summed E-state index contributed by atoms with van der Waals surface area (Å²) in [6.07, 6.45) is 14.4. The third-order valence-electron chi connectivity index (χ3n) is 9.33. The minimum atomic E-state index is -1.66. The van der Waals surface area contributed by atoms with Crippen LogP contribution in [-0.2, 0) is 14.3 Å². The number of aliphatic hydroxyl groups is 7. The van der Waals surface area contributed by atoms with Gasteiger partial charge in [-0.3, -0.25) is 4.79 Å². The van der Waals surface area contributed by atoms with Gasteiger partial charge in [0.2, 0.25) is 5.91 Å². The molecule has 1 aliphatic heterocycles. The lowest BCUT2D eigenvalue weighted by Crippen LogP contribution is -2.60. The fourth-order valence-electron chi connectivity index (χ4n) is 6.03. The van der Waals surface area contributed by atoms with Crippen LogP contribution in [0.25, 0.3) is 0 Å². The molecule has 0 saturated carbocycles. The first-order chi connectivity index (χ1) is 23.2. The van der Waals surface area contributed by atoms with Crippen LogP contribution in [0.4, 0.5) is 0 Å². The van der Waals surface area contributed by atoms with E-state index in [1.165, 1.54) is 77.0 Å². The number of rotatable bonds is 30. The predicted octanol–water partition coefficient (Wildman–Crippen LogP) is 4.16. The van der Waals surface area contributed by atoms with Gasteiger partial charge in [-0.1, -0.05) is 129 Å². The summed E-state index contributed by atoms with van der Waals surface area (Å²) in [5, 5.41) is 74.9. The zero-order valence-corrected chi connectivity index (χ0v) is 30.0. The molecule has 1 heterocycles. The van der Waals surface area contributed by atoms with E-state index in [1.54, 1.807) is 0 Å². The number of amides is 1. The van der Waals surface area contributed by atoms with E-state index < -0.39 is 74.2 Å². The standard InChI is InChI=1S/C37H71NO10/c1-3-5-7-9-11-13-14-15-16-17-19-20-22-24-29(40)32(42)28(27-47-37-35(45)34(44)33(43)31(26-39)48-37)38-36(46)30(41)25-23-21-18-12-10-8-6-4-2/h18,21,28-35,37,39-45H,3-17,19-20,22-27H2,1-2H3,(H,38,46)/b21-18-. The van der Waals surface area contributed by atoms with E-state index in [9.17, 15) is 40.5 Å². The molecule has 0 spiro atoms. The SMILES string of the molecule is CCCCCC/C=C\CCC(O)C(=O)NC(COC1OC(CO)C(O)C(O)C1O)C(O)C(O)CCCCCCCCCCCCCCC. The molecule has 11 nitrogen and oxygen atoms in total. The van der Waals surface area contributed by atoms with E-state index in [2.05, 4.69) is 19.2 Å². The minimum absolute atomic E-state index is 0.176.